The number of aromatic nitrogens is 3. The zero-order valence-electron chi connectivity index (χ0n) is 16.5. The van der Waals surface area contributed by atoms with Gasteiger partial charge in [-0.2, -0.15) is 5.10 Å². The van der Waals surface area contributed by atoms with Crippen molar-refractivity contribution in [2.45, 2.75) is 51.5 Å². The van der Waals surface area contributed by atoms with Gasteiger partial charge in [-0.05, 0) is 6.08 Å². The molecule has 1 aromatic heterocycles. The summed E-state index contributed by atoms with van der Waals surface area (Å²) in [4.78, 5) is 52.1. The molecule has 1 aromatic rings. The van der Waals surface area contributed by atoms with Crippen molar-refractivity contribution in [3.8, 4) is 0 Å². The van der Waals surface area contributed by atoms with Crippen molar-refractivity contribution in [2.24, 2.45) is 0 Å². The molecule has 162 valence electrons. The molecule has 0 aliphatic carbocycles. The van der Waals surface area contributed by atoms with Crippen molar-refractivity contribution in [3.05, 3.63) is 24.9 Å². The normalized spacial score (nSPS) is 28.0. The van der Waals surface area contributed by atoms with E-state index in [0.717, 1.165) is 4.90 Å². The van der Waals surface area contributed by atoms with Crippen LogP contribution in [0.3, 0.4) is 0 Å². The van der Waals surface area contributed by atoms with Gasteiger partial charge in [0.25, 0.3) is 0 Å². The van der Waals surface area contributed by atoms with Gasteiger partial charge in [-0.3, -0.25) is 19.3 Å². The summed E-state index contributed by atoms with van der Waals surface area (Å²) in [6.07, 6.45) is 0.904. The van der Waals surface area contributed by atoms with Crippen molar-refractivity contribution in [3.63, 3.8) is 0 Å². The van der Waals surface area contributed by atoms with Gasteiger partial charge >= 0.3 is 23.9 Å². The van der Waals surface area contributed by atoms with Gasteiger partial charge in [0.05, 0.1) is 0 Å². The maximum atomic E-state index is 12.7. The fourth-order valence-corrected chi connectivity index (χ4v) is 3.12. The van der Waals surface area contributed by atoms with Gasteiger partial charge in [-0.25, -0.2) is 14.5 Å². The summed E-state index contributed by atoms with van der Waals surface area (Å²) in [6.45, 7) is 3.30. The molecule has 1 fully saturated rings. The van der Waals surface area contributed by atoms with Gasteiger partial charge in [-0.1, -0.05) is 0 Å². The van der Waals surface area contributed by atoms with Crippen LogP contribution < -0.4 is 5.32 Å². The standard InChI is InChI=1S/C17H21N5O8/c1-9(23)27-6-12-14(28-10(2)24)15(29-11(3)25)16(30-12)21-5-4-13(20-17(21)26)22-8-18-7-19-22/h4-5,7-8,12-16H,6H2,1-3H3,(H,20,26)/t12-,13?,14-,15+,16-/m1/s1. The van der Waals surface area contributed by atoms with E-state index in [9.17, 15) is 19.2 Å². The Hall–Kier alpha value is -3.48. The van der Waals surface area contributed by atoms with E-state index >= 15 is 0 Å². The summed E-state index contributed by atoms with van der Waals surface area (Å²) in [6, 6.07) is -0.574. The number of urea groups is 1. The van der Waals surface area contributed by atoms with Crippen molar-refractivity contribution in [1.82, 2.24) is 25.0 Å². The first kappa shape index (κ1) is 21.2. The smallest absolute Gasteiger partial charge is 0.325 e. The van der Waals surface area contributed by atoms with Crippen LogP contribution in [-0.4, -0.2) is 74.8 Å². The maximum absolute atomic E-state index is 12.7. The van der Waals surface area contributed by atoms with E-state index in [4.69, 9.17) is 18.9 Å². The number of hydrogen-bond acceptors (Lipinski definition) is 10. The van der Waals surface area contributed by atoms with E-state index < -0.39 is 54.6 Å². The Morgan fingerprint density at radius 3 is 2.40 bits per heavy atom. The molecule has 0 saturated carbocycles. The molecular formula is C17H21N5O8. The molecule has 5 atom stereocenters. The summed E-state index contributed by atoms with van der Waals surface area (Å²) in [7, 11) is 0. The van der Waals surface area contributed by atoms with Crippen molar-refractivity contribution in [1.29, 1.82) is 0 Å². The lowest BCUT2D eigenvalue weighted by atomic mass is 10.1. The van der Waals surface area contributed by atoms with E-state index in [-0.39, 0.29) is 6.61 Å². The zero-order chi connectivity index (χ0) is 21.8. The highest BCUT2D eigenvalue weighted by molar-refractivity contribution is 5.77. The molecule has 0 radical (unpaired) electrons. The van der Waals surface area contributed by atoms with Crippen LogP contribution in [0, 0.1) is 0 Å². The van der Waals surface area contributed by atoms with Gasteiger partial charge < -0.3 is 24.3 Å². The number of nitrogens with zero attached hydrogens (tertiary/aromatic N) is 4. The minimum absolute atomic E-state index is 0.262. The molecule has 1 saturated heterocycles. The number of carbonyl (C=O) groups is 4. The van der Waals surface area contributed by atoms with Crippen LogP contribution in [0.1, 0.15) is 26.9 Å². The third-order valence-electron chi connectivity index (χ3n) is 4.27. The SMILES string of the molecule is CC(=O)OC[C@H]1O[C@@H](N2C=CC(n3cncn3)NC2=O)[C@@H](OC(C)=O)[C@@H]1OC(C)=O. The number of rotatable bonds is 6. The van der Waals surface area contributed by atoms with E-state index in [2.05, 4.69) is 15.4 Å². The van der Waals surface area contributed by atoms with Crippen LogP contribution in [0.15, 0.2) is 24.9 Å². The van der Waals surface area contributed by atoms with Crippen LogP contribution in [-0.2, 0) is 33.3 Å². The minimum Gasteiger partial charge on any atom is -0.463 e. The Morgan fingerprint density at radius 2 is 1.83 bits per heavy atom. The lowest BCUT2D eigenvalue weighted by Crippen LogP contribution is -2.53. The fourth-order valence-electron chi connectivity index (χ4n) is 3.12. The Morgan fingerprint density at radius 1 is 1.13 bits per heavy atom. The van der Waals surface area contributed by atoms with Gasteiger partial charge in [0.1, 0.15) is 31.5 Å². The van der Waals surface area contributed by atoms with Gasteiger partial charge in [-0.15, -0.1) is 0 Å². The molecule has 13 heteroatoms. The first-order valence-electron chi connectivity index (χ1n) is 9.00. The van der Waals surface area contributed by atoms with E-state index in [0.29, 0.717) is 0 Å². The minimum atomic E-state index is -1.15. The Labute approximate surface area is 170 Å². The monoisotopic (exact) mass is 423 g/mol. The molecule has 30 heavy (non-hydrogen) atoms. The van der Waals surface area contributed by atoms with Gasteiger partial charge in [0.2, 0.25) is 0 Å². The number of esters is 3. The number of carbonyl (C=O) groups excluding carboxylic acids is 4. The second-order valence-corrected chi connectivity index (χ2v) is 6.53. The highest BCUT2D eigenvalue weighted by Crippen LogP contribution is 2.31. The number of ether oxygens (including phenoxy) is 4. The average Bonchev–Trinajstić information content (AvgIpc) is 3.29. The molecule has 0 bridgehead atoms. The predicted molar refractivity (Wildman–Crippen MR) is 95.0 cm³/mol. The van der Waals surface area contributed by atoms with Crippen LogP contribution in [0.25, 0.3) is 0 Å². The molecule has 3 rings (SSSR count). The summed E-state index contributed by atoms with van der Waals surface area (Å²) >= 11 is 0. The average molecular weight is 423 g/mol. The second kappa shape index (κ2) is 8.90. The third-order valence-corrected chi connectivity index (χ3v) is 4.27. The van der Waals surface area contributed by atoms with E-state index in [1.165, 1.54) is 44.3 Å². The quantitative estimate of drug-likeness (QED) is 0.467. The van der Waals surface area contributed by atoms with E-state index in [1.54, 1.807) is 6.08 Å². The lowest BCUT2D eigenvalue weighted by molar-refractivity contribution is -0.166. The maximum Gasteiger partial charge on any atom is 0.325 e. The first-order chi connectivity index (χ1) is 14.3. The van der Waals surface area contributed by atoms with Crippen LogP contribution in [0.4, 0.5) is 4.79 Å². The highest BCUT2D eigenvalue weighted by Gasteiger charge is 2.53. The van der Waals surface area contributed by atoms with Gasteiger partial charge in [0.15, 0.2) is 18.4 Å². The molecular weight excluding hydrogens is 402 g/mol. The first-order valence-corrected chi connectivity index (χ1v) is 9.00. The summed E-state index contributed by atoms with van der Waals surface area (Å²) < 4.78 is 22.8. The van der Waals surface area contributed by atoms with E-state index in [1.807, 2.05) is 0 Å². The highest BCUT2D eigenvalue weighted by atomic mass is 16.7. The number of amides is 2. The van der Waals surface area contributed by atoms with Crippen molar-refractivity contribution < 1.29 is 38.1 Å². The summed E-state index contributed by atoms with van der Waals surface area (Å²) in [5, 5.41) is 6.65. The lowest BCUT2D eigenvalue weighted by Gasteiger charge is -2.33. The van der Waals surface area contributed by atoms with Crippen molar-refractivity contribution in [2.75, 3.05) is 6.61 Å². The van der Waals surface area contributed by atoms with Crippen molar-refractivity contribution >= 4 is 23.9 Å². The van der Waals surface area contributed by atoms with Gasteiger partial charge in [0, 0.05) is 27.0 Å². The van der Waals surface area contributed by atoms with Crippen LogP contribution in [0.5, 0.6) is 0 Å². The third kappa shape index (κ3) is 4.74. The topological polar surface area (TPSA) is 151 Å². The molecule has 1 N–H and O–H groups in total. The Kier molecular flexibility index (Phi) is 6.30. The number of nitrogens with one attached hydrogen (secondary N) is 1. The fraction of sp³-hybridized carbons (Fsp3) is 0.529. The Balaban J connectivity index is 1.85. The predicted octanol–water partition coefficient (Wildman–Crippen LogP) is -0.533. The molecule has 2 aliphatic heterocycles. The molecule has 2 aliphatic rings. The molecule has 3 heterocycles. The molecule has 0 aromatic carbocycles. The Bertz CT molecular complexity index is 841. The zero-order valence-corrected chi connectivity index (χ0v) is 16.5. The molecule has 0 spiro atoms. The van der Waals surface area contributed by atoms with Crippen LogP contribution >= 0.6 is 0 Å². The number of hydrogen-bond donors (Lipinski definition) is 1. The summed E-state index contributed by atoms with van der Waals surface area (Å²) in [5.74, 6) is -1.89. The molecule has 13 nitrogen and oxygen atoms in total. The second-order valence-electron chi connectivity index (χ2n) is 6.53. The molecule has 1 unspecified atom stereocenters. The largest absolute Gasteiger partial charge is 0.463 e. The van der Waals surface area contributed by atoms with Crippen LogP contribution in [0.2, 0.25) is 0 Å². The molecule has 2 amide bonds. The summed E-state index contributed by atoms with van der Waals surface area (Å²) in [5.41, 5.74) is 0.